The lowest BCUT2D eigenvalue weighted by Gasteiger charge is -2.32. The Balaban J connectivity index is 1.14. The third-order valence-electron chi connectivity index (χ3n) is 13.5. The van der Waals surface area contributed by atoms with Crippen molar-refractivity contribution in [2.75, 3.05) is 0 Å². The average molecular weight is 733 g/mol. The maximum absolute atomic E-state index is 7.12. The molecule has 0 aliphatic heterocycles. The summed E-state index contributed by atoms with van der Waals surface area (Å²) in [7, 11) is 0. The minimum absolute atomic E-state index is 0.693. The molecule has 0 bridgehead atoms. The average Bonchev–Trinajstić information content (AvgIpc) is 3.67. The fourth-order valence-electron chi connectivity index (χ4n) is 11.2. The first-order valence-corrected chi connectivity index (χ1v) is 21.2. The number of benzene rings is 7. The zero-order valence-electron chi connectivity index (χ0n) is 32.3. The Hall–Kier alpha value is -6.18. The van der Waals surface area contributed by atoms with E-state index < -0.39 is 0 Å². The summed E-state index contributed by atoms with van der Waals surface area (Å²) in [6, 6.07) is 40.7. The first-order valence-electron chi connectivity index (χ1n) is 21.2. The molecule has 12 rings (SSSR count). The van der Waals surface area contributed by atoms with Gasteiger partial charge in [0, 0.05) is 21.9 Å². The standard InChI is InChI=1S/C56H44O/c1-2-18-36(19-3-1)51-39-22-6-8-24-41(39)54(42-25-9-7-23-40(42)51)48-32-15-33-49-55-47(31-16-34-50(55)57-56(48)49)53-45-28-12-10-26-43(45)52(44-27-11-13-29-46(44)53)38-30-14-20-35-17-4-5-21-37(35)38/h2,6-10,12-16,18-19,22-26,28-35H,1,3-5,11,17,20-21,27H2. The molecule has 274 valence electrons. The number of hydrogen-bond donors (Lipinski definition) is 0. The van der Waals surface area contributed by atoms with E-state index >= 15 is 0 Å². The Kier molecular flexibility index (Phi) is 7.65. The van der Waals surface area contributed by atoms with Crippen molar-refractivity contribution in [2.24, 2.45) is 5.92 Å². The highest BCUT2D eigenvalue weighted by molar-refractivity contribution is 6.25. The normalized spacial score (nSPS) is 17.9. The van der Waals surface area contributed by atoms with Gasteiger partial charge in [0.15, 0.2) is 0 Å². The van der Waals surface area contributed by atoms with Gasteiger partial charge in [0.05, 0.1) is 0 Å². The number of rotatable bonds is 4. The van der Waals surface area contributed by atoms with Gasteiger partial charge < -0.3 is 4.42 Å². The molecule has 4 aliphatic carbocycles. The first-order chi connectivity index (χ1) is 28.3. The van der Waals surface area contributed by atoms with Gasteiger partial charge in [-0.3, -0.25) is 0 Å². The first kappa shape index (κ1) is 33.0. The highest BCUT2D eigenvalue weighted by Crippen LogP contribution is 2.51. The Morgan fingerprint density at radius 1 is 0.491 bits per heavy atom. The summed E-state index contributed by atoms with van der Waals surface area (Å²) in [5.74, 6) is 0.693. The Labute approximate surface area is 334 Å². The summed E-state index contributed by atoms with van der Waals surface area (Å²) in [6.07, 6.45) is 27.5. The highest BCUT2D eigenvalue weighted by Gasteiger charge is 2.29. The maximum atomic E-state index is 7.12. The van der Waals surface area contributed by atoms with Crippen molar-refractivity contribution >= 4 is 71.5 Å². The largest absolute Gasteiger partial charge is 0.455 e. The fraction of sp³-hybridized carbons (Fsp3) is 0.179. The smallest absolute Gasteiger partial charge is 0.143 e. The van der Waals surface area contributed by atoms with E-state index in [0.717, 1.165) is 42.4 Å². The molecule has 1 aromatic heterocycles. The molecule has 1 nitrogen and oxygen atoms in total. The lowest BCUT2D eigenvalue weighted by Crippen LogP contribution is -2.15. The Morgan fingerprint density at radius 2 is 1.16 bits per heavy atom. The molecule has 0 saturated heterocycles. The third kappa shape index (κ3) is 5.01. The molecule has 1 atom stereocenters. The van der Waals surface area contributed by atoms with E-state index in [1.165, 1.54) is 125 Å². The van der Waals surface area contributed by atoms with Crippen LogP contribution in [0.25, 0.3) is 93.7 Å². The van der Waals surface area contributed by atoms with Gasteiger partial charge in [-0.25, -0.2) is 0 Å². The zero-order chi connectivity index (χ0) is 37.5. The molecule has 1 saturated carbocycles. The van der Waals surface area contributed by atoms with E-state index in [-0.39, 0.29) is 0 Å². The number of para-hydroxylation sites is 1. The minimum atomic E-state index is 0.693. The molecule has 7 aromatic carbocycles. The summed E-state index contributed by atoms with van der Waals surface area (Å²) in [5, 5.41) is 10.2. The summed E-state index contributed by atoms with van der Waals surface area (Å²) < 4.78 is 7.12. The van der Waals surface area contributed by atoms with Crippen molar-refractivity contribution in [3.63, 3.8) is 0 Å². The molecule has 1 fully saturated rings. The van der Waals surface area contributed by atoms with Gasteiger partial charge in [0.25, 0.3) is 0 Å². The van der Waals surface area contributed by atoms with Gasteiger partial charge in [-0.1, -0.05) is 158 Å². The molecule has 1 unspecified atom stereocenters. The molecule has 0 spiro atoms. The van der Waals surface area contributed by atoms with E-state index in [2.05, 4.69) is 152 Å². The van der Waals surface area contributed by atoms with Crippen LogP contribution < -0.4 is 0 Å². The lowest BCUT2D eigenvalue weighted by atomic mass is 9.72. The topological polar surface area (TPSA) is 13.1 Å². The molecule has 1 heterocycles. The predicted molar refractivity (Wildman–Crippen MR) is 243 cm³/mol. The SMILES string of the molecule is C1=CC(c2c3ccccc3c(-c3cccc4c3oc3cccc(-c5c6c(c(C7=C8CCCCC8CC=C7)c7ccccc57)CCC=C6)c34)c3ccccc23)=CCC1. The minimum Gasteiger partial charge on any atom is -0.455 e. The number of allylic oxidation sites excluding steroid dienone is 9. The van der Waals surface area contributed by atoms with Crippen LogP contribution in [-0.2, 0) is 6.42 Å². The monoisotopic (exact) mass is 732 g/mol. The van der Waals surface area contributed by atoms with Crippen molar-refractivity contribution in [3.05, 3.63) is 173 Å². The van der Waals surface area contributed by atoms with E-state index in [1.807, 2.05) is 0 Å². The van der Waals surface area contributed by atoms with Crippen LogP contribution in [0.15, 0.2) is 156 Å². The molecule has 57 heavy (non-hydrogen) atoms. The second-order valence-electron chi connectivity index (χ2n) is 16.6. The van der Waals surface area contributed by atoms with Gasteiger partial charge in [-0.2, -0.15) is 0 Å². The summed E-state index contributed by atoms with van der Waals surface area (Å²) in [6.45, 7) is 0. The van der Waals surface area contributed by atoms with Crippen LogP contribution in [0, 0.1) is 5.92 Å². The molecular weight excluding hydrogens is 689 g/mol. The van der Waals surface area contributed by atoms with Crippen molar-refractivity contribution in [1.29, 1.82) is 0 Å². The van der Waals surface area contributed by atoms with Crippen molar-refractivity contribution in [1.82, 2.24) is 0 Å². The maximum Gasteiger partial charge on any atom is 0.143 e. The highest BCUT2D eigenvalue weighted by atomic mass is 16.3. The Bertz CT molecular complexity index is 3100. The fourth-order valence-corrected chi connectivity index (χ4v) is 11.2. The van der Waals surface area contributed by atoms with Crippen LogP contribution in [0.2, 0.25) is 0 Å². The molecule has 8 aromatic rings. The Morgan fingerprint density at radius 3 is 1.91 bits per heavy atom. The second-order valence-corrected chi connectivity index (χ2v) is 16.6. The van der Waals surface area contributed by atoms with Crippen molar-refractivity contribution in [2.45, 2.75) is 57.8 Å². The van der Waals surface area contributed by atoms with Crippen LogP contribution in [-0.4, -0.2) is 0 Å². The molecule has 1 heteroatoms. The molecular formula is C56H44O. The number of fused-ring (bicyclic) bond motifs is 8. The van der Waals surface area contributed by atoms with Crippen LogP contribution in [0.5, 0.6) is 0 Å². The molecule has 0 amide bonds. The van der Waals surface area contributed by atoms with Gasteiger partial charge in [-0.05, 0) is 140 Å². The summed E-state index contributed by atoms with van der Waals surface area (Å²) >= 11 is 0. The number of furan rings is 1. The predicted octanol–water partition coefficient (Wildman–Crippen LogP) is 16.0. The van der Waals surface area contributed by atoms with Crippen LogP contribution in [0.4, 0.5) is 0 Å². The lowest BCUT2D eigenvalue weighted by molar-refractivity contribution is 0.455. The van der Waals surface area contributed by atoms with Crippen molar-refractivity contribution < 1.29 is 4.42 Å². The summed E-state index contributed by atoms with van der Waals surface area (Å²) in [5.41, 5.74) is 17.1. The third-order valence-corrected chi connectivity index (χ3v) is 13.5. The van der Waals surface area contributed by atoms with Crippen LogP contribution in [0.1, 0.15) is 73.6 Å². The van der Waals surface area contributed by atoms with Crippen LogP contribution in [0.3, 0.4) is 0 Å². The van der Waals surface area contributed by atoms with Crippen molar-refractivity contribution in [3.8, 4) is 22.3 Å². The van der Waals surface area contributed by atoms with Gasteiger partial charge in [0.2, 0.25) is 0 Å². The summed E-state index contributed by atoms with van der Waals surface area (Å²) in [4.78, 5) is 0. The van der Waals surface area contributed by atoms with E-state index in [4.69, 9.17) is 4.42 Å². The molecule has 4 aliphatic rings. The van der Waals surface area contributed by atoms with Gasteiger partial charge in [0.1, 0.15) is 11.2 Å². The van der Waals surface area contributed by atoms with Gasteiger partial charge >= 0.3 is 0 Å². The molecule has 0 N–H and O–H groups in total. The quantitative estimate of drug-likeness (QED) is 0.164. The number of hydrogen-bond acceptors (Lipinski definition) is 1. The zero-order valence-corrected chi connectivity index (χ0v) is 32.3. The second kappa shape index (κ2) is 13.2. The van der Waals surface area contributed by atoms with E-state index in [1.54, 1.807) is 5.57 Å². The van der Waals surface area contributed by atoms with E-state index in [0.29, 0.717) is 5.92 Å². The van der Waals surface area contributed by atoms with Crippen LogP contribution >= 0.6 is 0 Å². The molecule has 0 radical (unpaired) electrons. The van der Waals surface area contributed by atoms with E-state index in [9.17, 15) is 0 Å². The van der Waals surface area contributed by atoms with Gasteiger partial charge in [-0.15, -0.1) is 0 Å².